The van der Waals surface area contributed by atoms with Crippen LogP contribution in [0.1, 0.15) is 11.1 Å². The van der Waals surface area contributed by atoms with Crippen LogP contribution in [0.5, 0.6) is 11.5 Å². The normalized spacial score (nSPS) is 13.7. The van der Waals surface area contributed by atoms with E-state index in [-0.39, 0.29) is 5.57 Å². The van der Waals surface area contributed by atoms with Gasteiger partial charge in [-0.05, 0) is 48.4 Å². The number of nitrogens with zero attached hydrogens (tertiary/aromatic N) is 4. The van der Waals surface area contributed by atoms with E-state index in [1.807, 2.05) is 37.3 Å². The fourth-order valence-corrected chi connectivity index (χ4v) is 4.10. The molecule has 10 heteroatoms. The number of nitriles is 1. The number of aryl methyl sites for hydroxylation is 1. The highest BCUT2D eigenvalue weighted by Crippen LogP contribution is 2.25. The van der Waals surface area contributed by atoms with Gasteiger partial charge in [-0.1, -0.05) is 35.6 Å². The van der Waals surface area contributed by atoms with Crippen molar-refractivity contribution in [2.24, 2.45) is 0 Å². The number of hydrogen-bond donors (Lipinski definition) is 1. The van der Waals surface area contributed by atoms with Gasteiger partial charge in [0.05, 0.1) is 13.2 Å². The van der Waals surface area contributed by atoms with E-state index in [9.17, 15) is 10.1 Å². The number of ether oxygens (including phenoxy) is 3. The molecule has 0 unspecified atom stereocenters. The average Bonchev–Trinajstić information content (AvgIpc) is 3.35. The van der Waals surface area contributed by atoms with Crippen molar-refractivity contribution in [1.82, 2.24) is 10.2 Å². The summed E-state index contributed by atoms with van der Waals surface area (Å²) in [6, 6.07) is 16.9. The van der Waals surface area contributed by atoms with Gasteiger partial charge >= 0.3 is 0 Å². The molecule has 4 rings (SSSR count). The van der Waals surface area contributed by atoms with E-state index >= 15 is 0 Å². The number of aromatic nitrogens is 2. The molecule has 3 aromatic rings. The molecule has 9 nitrogen and oxygen atoms in total. The maximum Gasteiger partial charge on any atom is 0.268 e. The molecular weight excluding hydrogens is 466 g/mol. The van der Waals surface area contributed by atoms with Gasteiger partial charge in [0.15, 0.2) is 0 Å². The third kappa shape index (κ3) is 7.02. The fraction of sp³-hybridized carbons (Fsp3) is 0.280. The summed E-state index contributed by atoms with van der Waals surface area (Å²) in [6.45, 7) is 5.55. The number of carbonyl (C=O) groups excluding carboxylic acids is 1. The monoisotopic (exact) mass is 491 g/mol. The van der Waals surface area contributed by atoms with Crippen LogP contribution in [0.2, 0.25) is 0 Å². The number of morpholine rings is 1. The Morgan fingerprint density at radius 3 is 2.60 bits per heavy atom. The Morgan fingerprint density at radius 1 is 1.14 bits per heavy atom. The molecule has 0 radical (unpaired) electrons. The van der Waals surface area contributed by atoms with Crippen LogP contribution in [0.25, 0.3) is 6.08 Å². The van der Waals surface area contributed by atoms with Gasteiger partial charge in [-0.15, -0.1) is 10.2 Å². The molecule has 180 valence electrons. The molecule has 1 N–H and O–H groups in total. The summed E-state index contributed by atoms with van der Waals surface area (Å²) in [4.78, 5) is 14.6. The molecule has 1 fully saturated rings. The molecular formula is C25H25N5O4S. The van der Waals surface area contributed by atoms with Crippen molar-refractivity contribution in [3.8, 4) is 17.6 Å². The SMILES string of the molecule is Cc1cccc(OCCOc2ccc(/C=C(/C#N)C(=O)Nc3nnc(N4CCOCC4)s3)cc2)c1. The first-order valence-corrected chi connectivity index (χ1v) is 11.9. The Hall–Kier alpha value is -3.94. The van der Waals surface area contributed by atoms with E-state index in [0.717, 1.165) is 24.4 Å². The highest BCUT2D eigenvalue weighted by atomic mass is 32.1. The second kappa shape index (κ2) is 12.0. The van der Waals surface area contributed by atoms with Crippen LogP contribution in [0.15, 0.2) is 54.1 Å². The molecule has 0 spiro atoms. The van der Waals surface area contributed by atoms with Gasteiger partial charge in [0, 0.05) is 13.1 Å². The van der Waals surface area contributed by atoms with E-state index in [0.29, 0.717) is 48.0 Å². The summed E-state index contributed by atoms with van der Waals surface area (Å²) in [5.41, 5.74) is 1.80. The average molecular weight is 492 g/mol. The topological polar surface area (TPSA) is 110 Å². The standard InChI is InChI=1S/C25H25N5O4S/c1-18-3-2-4-22(15-18)34-14-13-33-21-7-5-19(6-8-21)16-20(17-26)23(31)27-24-28-29-25(35-24)30-9-11-32-12-10-30/h2-8,15-16H,9-14H2,1H3,(H,27,28,31)/b20-16-. The fourth-order valence-electron chi connectivity index (χ4n) is 3.31. The van der Waals surface area contributed by atoms with Crippen LogP contribution < -0.4 is 19.7 Å². The molecule has 1 amide bonds. The number of anilines is 2. The number of carbonyl (C=O) groups is 1. The molecule has 0 saturated carbocycles. The van der Waals surface area contributed by atoms with Gasteiger partial charge in [0.1, 0.15) is 36.4 Å². The van der Waals surface area contributed by atoms with Gasteiger partial charge in [0.2, 0.25) is 10.3 Å². The van der Waals surface area contributed by atoms with Gasteiger partial charge in [0.25, 0.3) is 5.91 Å². The summed E-state index contributed by atoms with van der Waals surface area (Å²) in [7, 11) is 0. The van der Waals surface area contributed by atoms with Crippen molar-refractivity contribution in [3.05, 3.63) is 65.2 Å². The second-order valence-corrected chi connectivity index (χ2v) is 8.65. The Balaban J connectivity index is 1.28. The van der Waals surface area contributed by atoms with Gasteiger partial charge in [-0.3, -0.25) is 10.1 Å². The minimum atomic E-state index is -0.536. The number of nitrogens with one attached hydrogen (secondary N) is 1. The smallest absolute Gasteiger partial charge is 0.268 e. The van der Waals surface area contributed by atoms with Gasteiger partial charge in [-0.2, -0.15) is 5.26 Å². The molecule has 0 atom stereocenters. The lowest BCUT2D eigenvalue weighted by Gasteiger charge is -2.25. The van der Waals surface area contributed by atoms with Crippen LogP contribution in [-0.2, 0) is 9.53 Å². The van der Waals surface area contributed by atoms with E-state index in [4.69, 9.17) is 14.2 Å². The van der Waals surface area contributed by atoms with Crippen molar-refractivity contribution >= 4 is 33.6 Å². The van der Waals surface area contributed by atoms with Crippen LogP contribution in [0.4, 0.5) is 10.3 Å². The predicted molar refractivity (Wildman–Crippen MR) is 134 cm³/mol. The number of amides is 1. The third-order valence-electron chi connectivity index (χ3n) is 5.08. The summed E-state index contributed by atoms with van der Waals surface area (Å²) in [5, 5.41) is 21.3. The molecule has 2 aromatic carbocycles. The quantitative estimate of drug-likeness (QED) is 0.274. The van der Waals surface area contributed by atoms with Crippen LogP contribution in [-0.4, -0.2) is 55.6 Å². The lowest BCUT2D eigenvalue weighted by atomic mass is 10.1. The molecule has 35 heavy (non-hydrogen) atoms. The summed E-state index contributed by atoms with van der Waals surface area (Å²) in [6.07, 6.45) is 1.52. The van der Waals surface area contributed by atoms with E-state index in [1.54, 1.807) is 24.3 Å². The predicted octanol–water partition coefficient (Wildman–Crippen LogP) is 3.69. The van der Waals surface area contributed by atoms with E-state index in [1.165, 1.54) is 17.4 Å². The number of rotatable bonds is 9. The Bertz CT molecular complexity index is 1210. The zero-order valence-corrected chi connectivity index (χ0v) is 20.1. The molecule has 0 bridgehead atoms. The maximum atomic E-state index is 12.6. The highest BCUT2D eigenvalue weighted by molar-refractivity contribution is 7.19. The zero-order valence-electron chi connectivity index (χ0n) is 19.3. The van der Waals surface area contributed by atoms with Crippen molar-refractivity contribution < 1.29 is 19.0 Å². The van der Waals surface area contributed by atoms with E-state index in [2.05, 4.69) is 20.4 Å². The molecule has 1 aliphatic heterocycles. The van der Waals surface area contributed by atoms with E-state index < -0.39 is 5.91 Å². The third-order valence-corrected chi connectivity index (χ3v) is 5.98. The van der Waals surface area contributed by atoms with Crippen molar-refractivity contribution in [2.45, 2.75) is 6.92 Å². The Kier molecular flexibility index (Phi) is 8.27. The second-order valence-electron chi connectivity index (χ2n) is 7.70. The maximum absolute atomic E-state index is 12.6. The highest BCUT2D eigenvalue weighted by Gasteiger charge is 2.18. The summed E-state index contributed by atoms with van der Waals surface area (Å²) in [5.74, 6) is 0.940. The Labute approximate surface area is 207 Å². The van der Waals surface area contributed by atoms with Crippen molar-refractivity contribution in [3.63, 3.8) is 0 Å². The largest absolute Gasteiger partial charge is 0.490 e. The minimum absolute atomic E-state index is 0.0339. The summed E-state index contributed by atoms with van der Waals surface area (Å²) < 4.78 is 16.7. The molecule has 1 saturated heterocycles. The Morgan fingerprint density at radius 2 is 1.89 bits per heavy atom. The number of benzene rings is 2. The zero-order chi connectivity index (χ0) is 24.5. The first-order valence-electron chi connectivity index (χ1n) is 11.1. The van der Waals surface area contributed by atoms with Crippen LogP contribution >= 0.6 is 11.3 Å². The van der Waals surface area contributed by atoms with Gasteiger partial charge < -0.3 is 19.1 Å². The molecule has 0 aliphatic carbocycles. The molecule has 1 aromatic heterocycles. The van der Waals surface area contributed by atoms with Crippen molar-refractivity contribution in [1.29, 1.82) is 5.26 Å². The molecule has 2 heterocycles. The van der Waals surface area contributed by atoms with Crippen molar-refractivity contribution in [2.75, 3.05) is 49.7 Å². The first-order chi connectivity index (χ1) is 17.1. The van der Waals surface area contributed by atoms with Gasteiger partial charge in [-0.25, -0.2) is 0 Å². The minimum Gasteiger partial charge on any atom is -0.490 e. The molecule has 1 aliphatic rings. The van der Waals surface area contributed by atoms with Crippen LogP contribution in [0.3, 0.4) is 0 Å². The summed E-state index contributed by atoms with van der Waals surface area (Å²) >= 11 is 1.27. The lowest BCUT2D eigenvalue weighted by molar-refractivity contribution is -0.112. The lowest BCUT2D eigenvalue weighted by Crippen LogP contribution is -2.36. The number of hydrogen-bond acceptors (Lipinski definition) is 9. The first kappa shape index (κ1) is 24.2. The van der Waals surface area contributed by atoms with Crippen LogP contribution in [0, 0.1) is 18.3 Å².